The number of amides is 1. The van der Waals surface area contributed by atoms with Crippen molar-refractivity contribution in [2.45, 2.75) is 13.0 Å². The Morgan fingerprint density at radius 2 is 1.89 bits per heavy atom. The molecule has 1 atom stereocenters. The van der Waals surface area contributed by atoms with Gasteiger partial charge in [0.15, 0.2) is 0 Å². The summed E-state index contributed by atoms with van der Waals surface area (Å²) in [5, 5.41) is 11.4. The van der Waals surface area contributed by atoms with E-state index in [9.17, 15) is 4.79 Å². The van der Waals surface area contributed by atoms with Gasteiger partial charge < -0.3 is 10.6 Å². The number of carbonyl (C=O) groups excluding carboxylic acids is 1. The number of nitrogens with one attached hydrogen (secondary N) is 2. The number of hydrogen-bond acceptors (Lipinski definition) is 3. The molecule has 0 aliphatic carbocycles. The minimum Gasteiger partial charge on any atom is -0.344 e. The second kappa shape index (κ2) is 7.10. The van der Waals surface area contributed by atoms with Gasteiger partial charge in [0.1, 0.15) is 11.9 Å². The second-order valence-corrected chi connectivity index (χ2v) is 6.98. The van der Waals surface area contributed by atoms with E-state index in [2.05, 4.69) is 15.7 Å². The highest BCUT2D eigenvalue weighted by Crippen LogP contribution is 2.40. The number of fused-ring (bicyclic) bond motifs is 1. The summed E-state index contributed by atoms with van der Waals surface area (Å²) in [4.78, 5) is 13.2. The van der Waals surface area contributed by atoms with Crippen LogP contribution in [0.3, 0.4) is 0 Å². The van der Waals surface area contributed by atoms with Gasteiger partial charge >= 0.3 is 0 Å². The highest BCUT2D eigenvalue weighted by Gasteiger charge is 2.34. The molecule has 4 rings (SSSR count). The van der Waals surface area contributed by atoms with E-state index in [1.165, 1.54) is 0 Å². The number of benzene rings is 2. The summed E-state index contributed by atoms with van der Waals surface area (Å²) in [6.45, 7) is 1.86. The van der Waals surface area contributed by atoms with Crippen LogP contribution in [0.4, 0.5) is 11.5 Å². The molecule has 136 valence electrons. The summed E-state index contributed by atoms with van der Waals surface area (Å²) < 4.78 is 1.74. The number of carbonyl (C=O) groups is 1. The van der Waals surface area contributed by atoms with Crippen LogP contribution in [0.15, 0.2) is 72.1 Å². The lowest BCUT2D eigenvalue weighted by Gasteiger charge is -2.30. The first-order valence-corrected chi connectivity index (χ1v) is 9.13. The van der Waals surface area contributed by atoms with Crippen molar-refractivity contribution in [2.24, 2.45) is 0 Å². The van der Waals surface area contributed by atoms with Crippen LogP contribution in [-0.4, -0.2) is 15.7 Å². The van der Waals surface area contributed by atoms with Gasteiger partial charge in [0, 0.05) is 23.0 Å². The molecule has 3 aromatic rings. The zero-order valence-corrected chi connectivity index (χ0v) is 15.9. The fourth-order valence-electron chi connectivity index (χ4n) is 3.24. The van der Waals surface area contributed by atoms with Crippen LogP contribution in [0.1, 0.15) is 18.5 Å². The van der Waals surface area contributed by atoms with Gasteiger partial charge in [-0.2, -0.15) is 5.10 Å². The molecule has 1 amide bonds. The maximum absolute atomic E-state index is 13.2. The van der Waals surface area contributed by atoms with Crippen molar-refractivity contribution in [3.05, 3.63) is 87.7 Å². The molecule has 1 aliphatic rings. The summed E-state index contributed by atoms with van der Waals surface area (Å²) in [6, 6.07) is 16.1. The molecule has 5 nitrogen and oxygen atoms in total. The minimum absolute atomic E-state index is 0.228. The Labute approximate surface area is 166 Å². The number of para-hydroxylation sites is 1. The maximum Gasteiger partial charge on any atom is 0.255 e. The number of hydrogen-bond donors (Lipinski definition) is 2. The molecule has 0 spiro atoms. The smallest absolute Gasteiger partial charge is 0.255 e. The normalized spacial score (nSPS) is 15.9. The zero-order chi connectivity index (χ0) is 19.0. The topological polar surface area (TPSA) is 59.0 Å². The first kappa shape index (κ1) is 17.6. The molecule has 1 unspecified atom stereocenters. The number of nitrogens with zero attached hydrogens (tertiary/aromatic N) is 2. The SMILES string of the molecule is CC1=C(C(=O)Nc2ccccc2)C(c2cccc(Cl)c2Cl)n2nccc2N1. The minimum atomic E-state index is -0.494. The van der Waals surface area contributed by atoms with Gasteiger partial charge in [0.2, 0.25) is 0 Å². The van der Waals surface area contributed by atoms with Crippen molar-refractivity contribution >= 4 is 40.6 Å². The first-order chi connectivity index (χ1) is 13.1. The van der Waals surface area contributed by atoms with Crippen LogP contribution >= 0.6 is 23.2 Å². The van der Waals surface area contributed by atoms with Gasteiger partial charge in [0.05, 0.1) is 21.8 Å². The quantitative estimate of drug-likeness (QED) is 0.643. The summed E-state index contributed by atoms with van der Waals surface area (Å²) in [6.07, 6.45) is 1.68. The molecular weight excluding hydrogens is 383 g/mol. The highest BCUT2D eigenvalue weighted by molar-refractivity contribution is 6.42. The molecular formula is C20H16Cl2N4O. The zero-order valence-electron chi connectivity index (χ0n) is 14.4. The number of anilines is 2. The third-order valence-electron chi connectivity index (χ3n) is 4.46. The van der Waals surface area contributed by atoms with Crippen molar-refractivity contribution in [1.29, 1.82) is 0 Å². The predicted molar refractivity (Wildman–Crippen MR) is 108 cm³/mol. The van der Waals surface area contributed by atoms with Gasteiger partial charge in [-0.1, -0.05) is 53.5 Å². The van der Waals surface area contributed by atoms with Gasteiger partial charge in [-0.3, -0.25) is 4.79 Å². The molecule has 0 bridgehead atoms. The van der Waals surface area contributed by atoms with Crippen LogP contribution < -0.4 is 10.6 Å². The van der Waals surface area contributed by atoms with E-state index >= 15 is 0 Å². The van der Waals surface area contributed by atoms with Crippen molar-refractivity contribution < 1.29 is 4.79 Å². The summed E-state index contributed by atoms with van der Waals surface area (Å²) >= 11 is 12.7. The highest BCUT2D eigenvalue weighted by atomic mass is 35.5. The van der Waals surface area contributed by atoms with E-state index in [1.807, 2.05) is 55.5 Å². The molecule has 0 saturated heterocycles. The standard InChI is InChI=1S/C20H16Cl2N4O/c1-12-17(20(27)25-13-6-3-2-4-7-13)19(26-16(24-12)10-11-23-26)14-8-5-9-15(21)18(14)22/h2-11,19,24H,1H3,(H,25,27). The van der Waals surface area contributed by atoms with E-state index in [0.29, 0.717) is 26.9 Å². The molecule has 1 aromatic heterocycles. The Bertz CT molecular complexity index is 1040. The van der Waals surface area contributed by atoms with E-state index in [0.717, 1.165) is 11.5 Å². The molecule has 0 radical (unpaired) electrons. The third kappa shape index (κ3) is 3.20. The number of rotatable bonds is 3. The van der Waals surface area contributed by atoms with E-state index in [1.54, 1.807) is 16.9 Å². The fourth-order valence-corrected chi connectivity index (χ4v) is 3.65. The molecule has 2 heterocycles. The molecule has 0 fully saturated rings. The van der Waals surface area contributed by atoms with Gasteiger partial charge in [0.25, 0.3) is 5.91 Å². The van der Waals surface area contributed by atoms with Gasteiger partial charge in [-0.25, -0.2) is 4.68 Å². The second-order valence-electron chi connectivity index (χ2n) is 6.19. The van der Waals surface area contributed by atoms with E-state index < -0.39 is 6.04 Å². The molecule has 1 aliphatic heterocycles. The van der Waals surface area contributed by atoms with E-state index in [4.69, 9.17) is 23.2 Å². The number of halogens is 2. The largest absolute Gasteiger partial charge is 0.344 e. The van der Waals surface area contributed by atoms with Crippen LogP contribution in [0, 0.1) is 0 Å². The molecule has 0 saturated carbocycles. The van der Waals surface area contributed by atoms with Gasteiger partial charge in [-0.05, 0) is 25.1 Å². The fraction of sp³-hybridized carbons (Fsp3) is 0.100. The average molecular weight is 399 g/mol. The molecule has 7 heteroatoms. The van der Waals surface area contributed by atoms with Crippen LogP contribution in [-0.2, 0) is 4.79 Å². The molecule has 2 aromatic carbocycles. The van der Waals surface area contributed by atoms with Crippen molar-refractivity contribution in [1.82, 2.24) is 9.78 Å². The van der Waals surface area contributed by atoms with E-state index in [-0.39, 0.29) is 5.91 Å². The maximum atomic E-state index is 13.2. The Kier molecular flexibility index (Phi) is 4.64. The number of aromatic nitrogens is 2. The monoisotopic (exact) mass is 398 g/mol. The van der Waals surface area contributed by atoms with Crippen molar-refractivity contribution in [3.8, 4) is 0 Å². The predicted octanol–water partition coefficient (Wildman–Crippen LogP) is 5.12. The lowest BCUT2D eigenvalue weighted by molar-refractivity contribution is -0.113. The third-order valence-corrected chi connectivity index (χ3v) is 5.29. The Balaban J connectivity index is 1.82. The van der Waals surface area contributed by atoms with Gasteiger partial charge in [-0.15, -0.1) is 0 Å². The summed E-state index contributed by atoms with van der Waals surface area (Å²) in [5.41, 5.74) is 2.69. The van der Waals surface area contributed by atoms with Crippen molar-refractivity contribution in [3.63, 3.8) is 0 Å². The number of allylic oxidation sites excluding steroid dienone is 1. The molecule has 2 N–H and O–H groups in total. The van der Waals surface area contributed by atoms with Crippen molar-refractivity contribution in [2.75, 3.05) is 10.6 Å². The molecule has 27 heavy (non-hydrogen) atoms. The Hall–Kier alpha value is -2.76. The summed E-state index contributed by atoms with van der Waals surface area (Å²) in [7, 11) is 0. The average Bonchev–Trinajstić information content (AvgIpc) is 3.12. The lowest BCUT2D eigenvalue weighted by Crippen LogP contribution is -2.31. The Morgan fingerprint density at radius 1 is 1.11 bits per heavy atom. The first-order valence-electron chi connectivity index (χ1n) is 8.38. The van der Waals surface area contributed by atoms with Crippen LogP contribution in [0.2, 0.25) is 10.0 Å². The lowest BCUT2D eigenvalue weighted by atomic mass is 9.94. The summed E-state index contributed by atoms with van der Waals surface area (Å²) in [5.74, 6) is 0.554. The van der Waals surface area contributed by atoms with Crippen LogP contribution in [0.5, 0.6) is 0 Å². The van der Waals surface area contributed by atoms with Crippen LogP contribution in [0.25, 0.3) is 0 Å². The Morgan fingerprint density at radius 3 is 2.67 bits per heavy atom.